The molecule has 0 saturated carbocycles. The van der Waals surface area contributed by atoms with E-state index in [1.54, 1.807) is 6.20 Å². The lowest BCUT2D eigenvalue weighted by Crippen LogP contribution is -2.39. The van der Waals surface area contributed by atoms with Gasteiger partial charge in [-0.1, -0.05) is 41.4 Å². The Morgan fingerprint density at radius 2 is 1.96 bits per heavy atom. The lowest BCUT2D eigenvalue weighted by atomic mass is 9.93. The molecule has 3 rings (SSSR count). The highest BCUT2D eigenvalue weighted by molar-refractivity contribution is 6.31. The highest BCUT2D eigenvalue weighted by atomic mass is 35.5. The highest BCUT2D eigenvalue weighted by Crippen LogP contribution is 2.35. The van der Waals surface area contributed by atoms with E-state index in [0.29, 0.717) is 5.02 Å². The number of piperidine rings is 1. The third-order valence-corrected chi connectivity index (χ3v) is 5.17. The number of hydrogen-bond acceptors (Lipinski definition) is 3. The van der Waals surface area contributed by atoms with Crippen LogP contribution in [-0.2, 0) is 6.54 Å². The fourth-order valence-corrected chi connectivity index (χ4v) is 3.80. The maximum Gasteiger partial charge on any atom is 0.0785 e. The first-order valence-electron chi connectivity index (χ1n) is 8.48. The molecular formula is C18H23Cl2N3O. The van der Waals surface area contributed by atoms with Crippen LogP contribution in [-0.4, -0.2) is 39.0 Å². The Bertz CT molecular complexity index is 661. The van der Waals surface area contributed by atoms with Crippen molar-refractivity contribution >= 4 is 23.2 Å². The maximum absolute atomic E-state index is 10.1. The van der Waals surface area contributed by atoms with Crippen LogP contribution in [0.5, 0.6) is 0 Å². The van der Waals surface area contributed by atoms with Gasteiger partial charge in [0.05, 0.1) is 17.3 Å². The summed E-state index contributed by atoms with van der Waals surface area (Å²) in [5, 5.41) is 15.7. The van der Waals surface area contributed by atoms with Gasteiger partial charge in [-0.25, -0.2) is 0 Å². The smallest absolute Gasteiger partial charge is 0.0785 e. The van der Waals surface area contributed by atoms with Crippen molar-refractivity contribution in [2.24, 2.45) is 0 Å². The Morgan fingerprint density at radius 3 is 2.71 bits per heavy atom. The molecule has 130 valence electrons. The molecule has 2 heterocycles. The molecule has 2 atom stereocenters. The summed E-state index contributed by atoms with van der Waals surface area (Å²) in [6.07, 6.45) is 6.98. The summed E-state index contributed by atoms with van der Waals surface area (Å²) >= 11 is 12.3. The maximum atomic E-state index is 10.1. The summed E-state index contributed by atoms with van der Waals surface area (Å²) < 4.78 is 1.88. The van der Waals surface area contributed by atoms with Crippen LogP contribution in [0.4, 0.5) is 0 Å². The third-order valence-electron chi connectivity index (χ3n) is 4.63. The molecular weight excluding hydrogens is 345 g/mol. The van der Waals surface area contributed by atoms with E-state index >= 15 is 0 Å². The van der Waals surface area contributed by atoms with Gasteiger partial charge in [-0.15, -0.1) is 0 Å². The Morgan fingerprint density at radius 1 is 1.17 bits per heavy atom. The van der Waals surface area contributed by atoms with E-state index in [1.165, 1.54) is 0 Å². The van der Waals surface area contributed by atoms with E-state index in [2.05, 4.69) is 16.1 Å². The third kappa shape index (κ3) is 4.51. The van der Waals surface area contributed by atoms with Gasteiger partial charge in [0, 0.05) is 30.4 Å². The first-order chi connectivity index (χ1) is 11.6. The van der Waals surface area contributed by atoms with Crippen LogP contribution in [0, 0.1) is 0 Å². The molecule has 1 aliphatic heterocycles. The number of likely N-dealkylation sites (tertiary alicyclic amines) is 1. The van der Waals surface area contributed by atoms with Crippen LogP contribution in [0.2, 0.25) is 10.0 Å². The van der Waals surface area contributed by atoms with Gasteiger partial charge in [-0.2, -0.15) is 5.10 Å². The SMILES string of the molecule is OC1CCN(CCCCn2cc(Cl)cn2)C(c2ccccc2Cl)C1. The second-order valence-electron chi connectivity index (χ2n) is 6.38. The number of aliphatic hydroxyl groups is 1. The minimum absolute atomic E-state index is 0.196. The molecule has 1 N–H and O–H groups in total. The molecule has 4 nitrogen and oxygen atoms in total. The second kappa shape index (κ2) is 8.34. The van der Waals surface area contributed by atoms with Crippen LogP contribution in [0.1, 0.15) is 37.3 Å². The summed E-state index contributed by atoms with van der Waals surface area (Å²) in [6, 6.07) is 8.16. The Balaban J connectivity index is 1.57. The summed E-state index contributed by atoms with van der Waals surface area (Å²) in [4.78, 5) is 2.45. The fraction of sp³-hybridized carbons (Fsp3) is 0.500. The lowest BCUT2D eigenvalue weighted by Gasteiger charge is -2.38. The Kier molecular flexibility index (Phi) is 6.17. The van der Waals surface area contributed by atoms with Gasteiger partial charge in [0.1, 0.15) is 0 Å². The van der Waals surface area contributed by atoms with E-state index in [9.17, 15) is 5.11 Å². The predicted molar refractivity (Wildman–Crippen MR) is 97.5 cm³/mol. The topological polar surface area (TPSA) is 41.3 Å². The van der Waals surface area contributed by atoms with E-state index in [4.69, 9.17) is 23.2 Å². The molecule has 1 aromatic heterocycles. The van der Waals surface area contributed by atoms with Crippen molar-refractivity contribution in [3.63, 3.8) is 0 Å². The molecule has 0 radical (unpaired) electrons. The number of nitrogens with zero attached hydrogens (tertiary/aromatic N) is 3. The molecule has 2 unspecified atom stereocenters. The van der Waals surface area contributed by atoms with Gasteiger partial charge in [0.25, 0.3) is 0 Å². The molecule has 1 aromatic carbocycles. The van der Waals surface area contributed by atoms with Crippen molar-refractivity contribution in [2.45, 2.75) is 44.4 Å². The van der Waals surface area contributed by atoms with Gasteiger partial charge in [0.15, 0.2) is 0 Å². The van der Waals surface area contributed by atoms with Gasteiger partial charge in [0.2, 0.25) is 0 Å². The molecule has 0 aliphatic carbocycles. The molecule has 1 aliphatic rings. The van der Waals surface area contributed by atoms with E-state index in [1.807, 2.05) is 29.1 Å². The fourth-order valence-electron chi connectivity index (χ4n) is 3.38. The molecule has 6 heteroatoms. The van der Waals surface area contributed by atoms with Gasteiger partial charge in [-0.05, 0) is 43.9 Å². The zero-order valence-corrected chi connectivity index (χ0v) is 15.1. The lowest BCUT2D eigenvalue weighted by molar-refractivity contribution is 0.0398. The summed E-state index contributed by atoms with van der Waals surface area (Å²) in [5.41, 5.74) is 1.12. The number of rotatable bonds is 6. The minimum Gasteiger partial charge on any atom is -0.393 e. The summed E-state index contributed by atoms with van der Waals surface area (Å²) in [5.74, 6) is 0. The van der Waals surface area contributed by atoms with Gasteiger partial charge < -0.3 is 5.11 Å². The number of aliphatic hydroxyl groups excluding tert-OH is 1. The Labute approximate surface area is 153 Å². The number of aromatic nitrogens is 2. The van der Waals surface area contributed by atoms with Crippen molar-refractivity contribution in [3.8, 4) is 0 Å². The molecule has 1 fully saturated rings. The van der Waals surface area contributed by atoms with E-state index in [-0.39, 0.29) is 12.1 Å². The minimum atomic E-state index is -0.242. The zero-order valence-electron chi connectivity index (χ0n) is 13.6. The average molecular weight is 368 g/mol. The summed E-state index contributed by atoms with van der Waals surface area (Å²) in [7, 11) is 0. The molecule has 0 bridgehead atoms. The molecule has 24 heavy (non-hydrogen) atoms. The zero-order chi connectivity index (χ0) is 16.9. The van der Waals surface area contributed by atoms with Gasteiger partial charge >= 0.3 is 0 Å². The normalized spacial score (nSPS) is 22.0. The van der Waals surface area contributed by atoms with Crippen molar-refractivity contribution in [3.05, 3.63) is 52.3 Å². The first-order valence-corrected chi connectivity index (χ1v) is 9.23. The first kappa shape index (κ1) is 17.7. The van der Waals surface area contributed by atoms with Gasteiger partial charge in [-0.3, -0.25) is 9.58 Å². The average Bonchev–Trinajstić information content (AvgIpc) is 2.98. The van der Waals surface area contributed by atoms with E-state index in [0.717, 1.165) is 55.9 Å². The molecule has 0 spiro atoms. The highest BCUT2D eigenvalue weighted by Gasteiger charge is 2.29. The van der Waals surface area contributed by atoms with E-state index < -0.39 is 0 Å². The monoisotopic (exact) mass is 367 g/mol. The van der Waals surface area contributed by atoms with Crippen LogP contribution < -0.4 is 0 Å². The van der Waals surface area contributed by atoms with Crippen molar-refractivity contribution < 1.29 is 5.11 Å². The van der Waals surface area contributed by atoms with Crippen molar-refractivity contribution in [2.75, 3.05) is 13.1 Å². The number of hydrogen-bond donors (Lipinski definition) is 1. The Hall–Kier alpha value is -1.07. The summed E-state index contributed by atoms with van der Waals surface area (Å²) in [6.45, 7) is 2.78. The number of aryl methyl sites for hydroxylation is 1. The standard InChI is InChI=1S/C18H23Cl2N3O/c19-14-12-21-23(13-14)9-4-3-8-22-10-7-15(24)11-18(22)16-5-1-2-6-17(16)20/h1-2,5-6,12-13,15,18,24H,3-4,7-11H2. The van der Waals surface area contributed by atoms with Crippen LogP contribution in [0.25, 0.3) is 0 Å². The molecule has 0 amide bonds. The number of unbranched alkanes of at least 4 members (excludes halogenated alkanes) is 1. The number of halogens is 2. The second-order valence-corrected chi connectivity index (χ2v) is 7.22. The van der Waals surface area contributed by atoms with Crippen molar-refractivity contribution in [1.29, 1.82) is 0 Å². The number of benzene rings is 1. The molecule has 2 aromatic rings. The van der Waals surface area contributed by atoms with Crippen LogP contribution in [0.3, 0.4) is 0 Å². The van der Waals surface area contributed by atoms with Crippen molar-refractivity contribution in [1.82, 2.24) is 14.7 Å². The molecule has 1 saturated heterocycles. The predicted octanol–water partition coefficient (Wildman–Crippen LogP) is 4.17. The van der Waals surface area contributed by atoms with Crippen LogP contribution >= 0.6 is 23.2 Å². The quantitative estimate of drug-likeness (QED) is 0.779. The largest absolute Gasteiger partial charge is 0.393 e. The van der Waals surface area contributed by atoms with Crippen LogP contribution in [0.15, 0.2) is 36.7 Å².